The van der Waals surface area contributed by atoms with Gasteiger partial charge in [-0.15, -0.1) is 0 Å². The van der Waals surface area contributed by atoms with E-state index in [0.29, 0.717) is 17.8 Å². The number of pyridine rings is 1. The van der Waals surface area contributed by atoms with Gasteiger partial charge in [-0.3, -0.25) is 4.79 Å². The van der Waals surface area contributed by atoms with Crippen molar-refractivity contribution in [2.45, 2.75) is 6.10 Å². The highest BCUT2D eigenvalue weighted by atomic mass is 16.5. The summed E-state index contributed by atoms with van der Waals surface area (Å²) in [6.45, 7) is 0.372. The first-order valence-corrected chi connectivity index (χ1v) is 5.64. The van der Waals surface area contributed by atoms with Gasteiger partial charge in [0.15, 0.2) is 0 Å². The van der Waals surface area contributed by atoms with Gasteiger partial charge in [-0.1, -0.05) is 6.07 Å². The molecular weight excluding hydrogens is 232 g/mol. The average molecular weight is 248 g/mol. The first-order chi connectivity index (χ1) is 8.71. The molecule has 3 N–H and O–H groups in total. The number of H-pyrrole nitrogens is 1. The molecule has 1 atom stereocenters. The third-order valence-electron chi connectivity index (χ3n) is 2.96. The van der Waals surface area contributed by atoms with Gasteiger partial charge >= 0.3 is 0 Å². The van der Waals surface area contributed by atoms with E-state index in [1.165, 1.54) is 6.07 Å². The molecule has 0 fully saturated rings. The molecule has 0 bridgehead atoms. The first-order valence-electron chi connectivity index (χ1n) is 5.64. The van der Waals surface area contributed by atoms with Crippen LogP contribution in [0.5, 0.6) is 5.75 Å². The number of nitrogens with two attached hydrogens (primary N) is 1. The van der Waals surface area contributed by atoms with Crippen molar-refractivity contribution in [2.75, 3.05) is 20.8 Å². The number of hydrogen-bond donors (Lipinski definition) is 2. The van der Waals surface area contributed by atoms with Crippen LogP contribution in [-0.4, -0.2) is 25.7 Å². The molecule has 5 nitrogen and oxygen atoms in total. The summed E-state index contributed by atoms with van der Waals surface area (Å²) in [7, 11) is 3.18. The summed E-state index contributed by atoms with van der Waals surface area (Å²) in [6, 6.07) is 6.94. The van der Waals surface area contributed by atoms with Crippen LogP contribution in [0, 0.1) is 0 Å². The number of ether oxygens (including phenoxy) is 2. The fraction of sp³-hybridized carbons (Fsp3) is 0.308. The number of benzene rings is 1. The van der Waals surface area contributed by atoms with Crippen molar-refractivity contribution in [1.82, 2.24) is 4.98 Å². The number of methoxy groups -OCH3 is 2. The van der Waals surface area contributed by atoms with E-state index in [0.717, 1.165) is 10.9 Å². The maximum Gasteiger partial charge on any atom is 0.248 e. The zero-order valence-electron chi connectivity index (χ0n) is 10.4. The highest BCUT2D eigenvalue weighted by Gasteiger charge is 2.14. The molecule has 1 heterocycles. The second-order valence-electron chi connectivity index (χ2n) is 3.93. The van der Waals surface area contributed by atoms with E-state index in [9.17, 15) is 4.79 Å². The van der Waals surface area contributed by atoms with Crippen LogP contribution in [0.3, 0.4) is 0 Å². The highest BCUT2D eigenvalue weighted by molar-refractivity contribution is 5.87. The van der Waals surface area contributed by atoms with Gasteiger partial charge < -0.3 is 20.2 Å². The minimum absolute atomic E-state index is 0.167. The molecule has 18 heavy (non-hydrogen) atoms. The van der Waals surface area contributed by atoms with Crippen molar-refractivity contribution in [3.63, 3.8) is 0 Å². The summed E-state index contributed by atoms with van der Waals surface area (Å²) in [5.74, 6) is 0.623. The van der Waals surface area contributed by atoms with E-state index >= 15 is 0 Å². The lowest BCUT2D eigenvalue weighted by molar-refractivity contribution is 0.111. The molecule has 0 unspecified atom stereocenters. The van der Waals surface area contributed by atoms with Crippen molar-refractivity contribution < 1.29 is 9.47 Å². The molecule has 0 aliphatic heterocycles. The molecule has 5 heteroatoms. The molecule has 2 aromatic rings. The van der Waals surface area contributed by atoms with Crippen LogP contribution in [0.15, 0.2) is 29.1 Å². The van der Waals surface area contributed by atoms with Crippen molar-refractivity contribution in [3.05, 3.63) is 40.2 Å². The van der Waals surface area contributed by atoms with E-state index in [1.54, 1.807) is 26.4 Å². The monoisotopic (exact) mass is 248 g/mol. The van der Waals surface area contributed by atoms with Crippen molar-refractivity contribution >= 4 is 10.9 Å². The topological polar surface area (TPSA) is 77.3 Å². The van der Waals surface area contributed by atoms with Gasteiger partial charge in [0.05, 0.1) is 18.7 Å². The molecule has 0 spiro atoms. The number of rotatable bonds is 4. The van der Waals surface area contributed by atoms with E-state index in [4.69, 9.17) is 15.2 Å². The summed E-state index contributed by atoms with van der Waals surface area (Å²) >= 11 is 0. The highest BCUT2D eigenvalue weighted by Crippen LogP contribution is 2.30. The minimum atomic E-state index is -0.204. The Morgan fingerprint density at radius 2 is 2.06 bits per heavy atom. The maximum atomic E-state index is 11.4. The maximum absolute atomic E-state index is 11.4. The van der Waals surface area contributed by atoms with Gasteiger partial charge in [0.2, 0.25) is 5.56 Å². The molecule has 0 radical (unpaired) electrons. The second-order valence-corrected chi connectivity index (χ2v) is 3.93. The Morgan fingerprint density at radius 1 is 1.28 bits per heavy atom. The molecular formula is C13H16N2O3. The Bertz CT molecular complexity index is 603. The second kappa shape index (κ2) is 5.20. The Kier molecular flexibility index (Phi) is 3.64. The van der Waals surface area contributed by atoms with Gasteiger partial charge in [-0.2, -0.15) is 0 Å². The van der Waals surface area contributed by atoms with Crippen LogP contribution in [-0.2, 0) is 4.74 Å². The fourth-order valence-corrected chi connectivity index (χ4v) is 2.05. The van der Waals surface area contributed by atoms with Gasteiger partial charge in [-0.25, -0.2) is 0 Å². The summed E-state index contributed by atoms with van der Waals surface area (Å²) in [5.41, 5.74) is 7.11. The third-order valence-corrected chi connectivity index (χ3v) is 2.96. The molecule has 0 amide bonds. The van der Waals surface area contributed by atoms with Crippen molar-refractivity contribution in [2.24, 2.45) is 5.73 Å². The molecule has 1 aromatic carbocycles. The van der Waals surface area contributed by atoms with Gasteiger partial charge in [0.1, 0.15) is 5.75 Å². The van der Waals surface area contributed by atoms with Crippen LogP contribution < -0.4 is 16.0 Å². The molecule has 96 valence electrons. The van der Waals surface area contributed by atoms with Crippen LogP contribution in [0.4, 0.5) is 0 Å². The number of nitrogens with one attached hydrogen (secondary N) is 1. The average Bonchev–Trinajstić information content (AvgIpc) is 2.39. The molecule has 0 aliphatic rings. The van der Waals surface area contributed by atoms with Crippen molar-refractivity contribution in [3.8, 4) is 5.75 Å². The number of aromatic nitrogens is 1. The zero-order valence-corrected chi connectivity index (χ0v) is 10.4. The molecule has 2 rings (SSSR count). The predicted molar refractivity (Wildman–Crippen MR) is 69.9 cm³/mol. The molecule has 0 aliphatic carbocycles. The lowest BCUT2D eigenvalue weighted by Crippen LogP contribution is -2.15. The standard InChI is InChI=1S/C13H16N2O3/c1-17-10-5-3-8(11(7-14)18-2)9-4-6-12(16)15-13(9)10/h3-6,11H,7,14H2,1-2H3,(H,15,16)/t11-/m0/s1. The molecule has 0 saturated carbocycles. The lowest BCUT2D eigenvalue weighted by atomic mass is 10.0. The number of fused-ring (bicyclic) bond motifs is 1. The minimum Gasteiger partial charge on any atom is -0.495 e. The fourth-order valence-electron chi connectivity index (χ4n) is 2.05. The van der Waals surface area contributed by atoms with Gasteiger partial charge in [-0.05, 0) is 17.7 Å². The van der Waals surface area contributed by atoms with Gasteiger partial charge in [0.25, 0.3) is 0 Å². The summed E-state index contributed by atoms with van der Waals surface area (Å²) in [4.78, 5) is 14.2. The van der Waals surface area contributed by atoms with Crippen molar-refractivity contribution in [1.29, 1.82) is 0 Å². The van der Waals surface area contributed by atoms with E-state index in [1.807, 2.05) is 6.07 Å². The van der Waals surface area contributed by atoms with Crippen LogP contribution in [0.2, 0.25) is 0 Å². The molecule has 1 aromatic heterocycles. The zero-order chi connectivity index (χ0) is 13.1. The molecule has 0 saturated heterocycles. The van der Waals surface area contributed by atoms with E-state index < -0.39 is 0 Å². The number of hydrogen-bond acceptors (Lipinski definition) is 4. The third kappa shape index (κ3) is 2.10. The van der Waals surface area contributed by atoms with Gasteiger partial charge in [0, 0.05) is 25.1 Å². The SMILES string of the molecule is COc1ccc([C@H](CN)OC)c2ccc(=O)[nH]c12. The van der Waals surface area contributed by atoms with Crippen LogP contribution in [0.1, 0.15) is 11.7 Å². The predicted octanol–water partition coefficient (Wildman–Crippen LogP) is 1.18. The smallest absolute Gasteiger partial charge is 0.248 e. The summed E-state index contributed by atoms with van der Waals surface area (Å²) < 4.78 is 10.6. The first kappa shape index (κ1) is 12.6. The lowest BCUT2D eigenvalue weighted by Gasteiger charge is -2.17. The van der Waals surface area contributed by atoms with E-state index in [2.05, 4.69) is 4.98 Å². The van der Waals surface area contributed by atoms with Crippen LogP contribution in [0.25, 0.3) is 10.9 Å². The van der Waals surface area contributed by atoms with E-state index in [-0.39, 0.29) is 11.7 Å². The quantitative estimate of drug-likeness (QED) is 0.851. The Morgan fingerprint density at radius 3 is 2.67 bits per heavy atom. The Balaban J connectivity index is 2.74. The summed E-state index contributed by atoms with van der Waals surface area (Å²) in [6.07, 6.45) is -0.204. The van der Waals surface area contributed by atoms with Crippen LogP contribution >= 0.6 is 0 Å². The Labute approximate surface area is 105 Å². The Hall–Kier alpha value is -1.85. The number of aromatic amines is 1. The summed E-state index contributed by atoms with van der Waals surface area (Å²) in [5, 5.41) is 0.881. The normalized spacial score (nSPS) is 12.6. The largest absolute Gasteiger partial charge is 0.495 e.